The Labute approximate surface area is 106 Å². The van der Waals surface area contributed by atoms with E-state index in [1.807, 2.05) is 0 Å². The van der Waals surface area contributed by atoms with Gasteiger partial charge in [0.15, 0.2) is 0 Å². The minimum absolute atomic E-state index is 0.134. The fourth-order valence-corrected chi connectivity index (χ4v) is 3.72. The molecule has 17 heavy (non-hydrogen) atoms. The summed E-state index contributed by atoms with van der Waals surface area (Å²) in [6.45, 7) is 5.90. The topological polar surface area (TPSA) is 38.5 Å². The molecule has 1 heterocycles. The highest BCUT2D eigenvalue weighted by atomic mass is 16.5. The molecule has 0 amide bonds. The van der Waals surface area contributed by atoms with Gasteiger partial charge in [-0.05, 0) is 32.2 Å². The lowest BCUT2D eigenvalue weighted by Gasteiger charge is -2.49. The highest BCUT2D eigenvalue weighted by molar-refractivity contribution is 4.96. The van der Waals surface area contributed by atoms with Crippen LogP contribution in [0.15, 0.2) is 0 Å². The van der Waals surface area contributed by atoms with Gasteiger partial charge in [0.2, 0.25) is 0 Å². The Morgan fingerprint density at radius 2 is 2.00 bits per heavy atom. The second kappa shape index (κ2) is 6.17. The van der Waals surface area contributed by atoms with Crippen LogP contribution in [0.25, 0.3) is 0 Å². The summed E-state index contributed by atoms with van der Waals surface area (Å²) in [6, 6.07) is 0.749. The van der Waals surface area contributed by atoms with Crippen LogP contribution in [0.4, 0.5) is 0 Å². The SMILES string of the molecule is CCN(C1CCCCC1)C1(CN)CCCOC1. The van der Waals surface area contributed by atoms with E-state index in [4.69, 9.17) is 10.5 Å². The van der Waals surface area contributed by atoms with Crippen molar-refractivity contribution < 1.29 is 4.74 Å². The number of hydrogen-bond acceptors (Lipinski definition) is 3. The van der Waals surface area contributed by atoms with Gasteiger partial charge in [-0.1, -0.05) is 26.2 Å². The van der Waals surface area contributed by atoms with Gasteiger partial charge in [-0.15, -0.1) is 0 Å². The molecule has 2 N–H and O–H groups in total. The summed E-state index contributed by atoms with van der Waals surface area (Å²) in [7, 11) is 0. The third-order valence-corrected chi connectivity index (χ3v) is 4.65. The zero-order chi connectivity index (χ0) is 12.1. The van der Waals surface area contributed by atoms with Gasteiger partial charge in [-0.3, -0.25) is 4.90 Å². The Morgan fingerprint density at radius 1 is 1.24 bits per heavy atom. The summed E-state index contributed by atoms with van der Waals surface area (Å²) < 4.78 is 5.73. The van der Waals surface area contributed by atoms with Crippen molar-refractivity contribution in [1.29, 1.82) is 0 Å². The van der Waals surface area contributed by atoms with Gasteiger partial charge in [0.1, 0.15) is 0 Å². The maximum Gasteiger partial charge on any atom is 0.0662 e. The molecular formula is C14H28N2O. The van der Waals surface area contributed by atoms with Crippen LogP contribution in [-0.4, -0.2) is 42.8 Å². The first-order valence-electron chi connectivity index (χ1n) is 7.37. The van der Waals surface area contributed by atoms with Crippen molar-refractivity contribution in [2.75, 3.05) is 26.3 Å². The fourth-order valence-electron chi connectivity index (χ4n) is 3.72. The summed E-state index contributed by atoms with van der Waals surface area (Å²) in [5, 5.41) is 0. The minimum Gasteiger partial charge on any atom is -0.379 e. The Balaban J connectivity index is 2.07. The van der Waals surface area contributed by atoms with E-state index in [0.717, 1.165) is 32.3 Å². The van der Waals surface area contributed by atoms with E-state index in [1.54, 1.807) is 0 Å². The third kappa shape index (κ3) is 2.83. The van der Waals surface area contributed by atoms with Gasteiger partial charge >= 0.3 is 0 Å². The molecule has 1 saturated heterocycles. The molecule has 100 valence electrons. The van der Waals surface area contributed by atoms with Crippen LogP contribution in [-0.2, 0) is 4.74 Å². The monoisotopic (exact) mass is 240 g/mol. The maximum absolute atomic E-state index is 6.10. The standard InChI is InChI=1S/C14H28N2O/c1-2-16(13-7-4-3-5-8-13)14(11-15)9-6-10-17-12-14/h13H,2-12,15H2,1H3. The summed E-state index contributed by atoms with van der Waals surface area (Å²) in [5.41, 5.74) is 6.23. The molecule has 0 bridgehead atoms. The van der Waals surface area contributed by atoms with Gasteiger partial charge < -0.3 is 10.5 Å². The molecule has 0 aromatic rings. The average molecular weight is 240 g/mol. The van der Waals surface area contributed by atoms with Gasteiger partial charge in [-0.2, -0.15) is 0 Å². The molecule has 1 atom stereocenters. The highest BCUT2D eigenvalue weighted by Gasteiger charge is 2.40. The molecule has 2 aliphatic rings. The van der Waals surface area contributed by atoms with Crippen LogP contribution in [0.3, 0.4) is 0 Å². The van der Waals surface area contributed by atoms with Crippen LogP contribution in [0.1, 0.15) is 51.9 Å². The van der Waals surface area contributed by atoms with Crippen molar-refractivity contribution >= 4 is 0 Å². The molecule has 0 radical (unpaired) electrons. The molecule has 0 aromatic carbocycles. The van der Waals surface area contributed by atoms with Crippen LogP contribution in [0.5, 0.6) is 0 Å². The summed E-state index contributed by atoms with van der Waals surface area (Å²) in [6.07, 6.45) is 9.30. The van der Waals surface area contributed by atoms with Crippen LogP contribution < -0.4 is 5.73 Å². The Kier molecular flexibility index (Phi) is 4.83. The summed E-state index contributed by atoms with van der Waals surface area (Å²) in [4.78, 5) is 2.67. The average Bonchev–Trinajstić information content (AvgIpc) is 2.42. The molecule has 2 fully saturated rings. The van der Waals surface area contributed by atoms with E-state index in [0.29, 0.717) is 0 Å². The fraction of sp³-hybridized carbons (Fsp3) is 1.00. The molecular weight excluding hydrogens is 212 g/mol. The maximum atomic E-state index is 6.10. The smallest absolute Gasteiger partial charge is 0.0662 e. The first kappa shape index (κ1) is 13.3. The second-order valence-electron chi connectivity index (χ2n) is 5.66. The summed E-state index contributed by atoms with van der Waals surface area (Å²) in [5.74, 6) is 0. The Morgan fingerprint density at radius 3 is 2.53 bits per heavy atom. The molecule has 0 aromatic heterocycles. The predicted molar refractivity (Wildman–Crippen MR) is 71.1 cm³/mol. The van der Waals surface area contributed by atoms with Crippen LogP contribution in [0, 0.1) is 0 Å². The van der Waals surface area contributed by atoms with E-state index in [1.165, 1.54) is 44.9 Å². The largest absolute Gasteiger partial charge is 0.379 e. The number of likely N-dealkylation sites (N-methyl/N-ethyl adjacent to an activating group) is 1. The minimum atomic E-state index is 0.134. The quantitative estimate of drug-likeness (QED) is 0.818. The molecule has 2 rings (SSSR count). The van der Waals surface area contributed by atoms with E-state index < -0.39 is 0 Å². The van der Waals surface area contributed by atoms with E-state index in [-0.39, 0.29) is 5.54 Å². The van der Waals surface area contributed by atoms with E-state index in [9.17, 15) is 0 Å². The number of nitrogens with two attached hydrogens (primary N) is 1. The zero-order valence-electron chi connectivity index (χ0n) is 11.3. The van der Waals surface area contributed by atoms with Crippen molar-refractivity contribution in [3.8, 4) is 0 Å². The third-order valence-electron chi connectivity index (χ3n) is 4.65. The molecule has 1 aliphatic carbocycles. The van der Waals surface area contributed by atoms with Crippen molar-refractivity contribution in [2.45, 2.75) is 63.5 Å². The van der Waals surface area contributed by atoms with Crippen molar-refractivity contribution in [3.63, 3.8) is 0 Å². The number of ether oxygens (including phenoxy) is 1. The number of nitrogens with zero attached hydrogens (tertiary/aromatic N) is 1. The van der Waals surface area contributed by atoms with Crippen molar-refractivity contribution in [2.24, 2.45) is 5.73 Å². The summed E-state index contributed by atoms with van der Waals surface area (Å²) >= 11 is 0. The predicted octanol–water partition coefficient (Wildman–Crippen LogP) is 2.15. The lowest BCUT2D eigenvalue weighted by Crippen LogP contribution is -2.62. The molecule has 3 heteroatoms. The zero-order valence-corrected chi connectivity index (χ0v) is 11.3. The van der Waals surface area contributed by atoms with Crippen LogP contribution in [0.2, 0.25) is 0 Å². The highest BCUT2D eigenvalue weighted by Crippen LogP contribution is 2.32. The molecule has 3 nitrogen and oxygen atoms in total. The lowest BCUT2D eigenvalue weighted by molar-refractivity contribution is -0.0667. The number of hydrogen-bond donors (Lipinski definition) is 1. The molecule has 1 unspecified atom stereocenters. The van der Waals surface area contributed by atoms with Crippen LogP contribution >= 0.6 is 0 Å². The van der Waals surface area contributed by atoms with Gasteiger partial charge in [-0.25, -0.2) is 0 Å². The lowest BCUT2D eigenvalue weighted by atomic mass is 9.85. The molecule has 1 aliphatic heterocycles. The van der Waals surface area contributed by atoms with Gasteiger partial charge in [0.05, 0.1) is 12.1 Å². The van der Waals surface area contributed by atoms with Gasteiger partial charge in [0.25, 0.3) is 0 Å². The number of rotatable bonds is 4. The van der Waals surface area contributed by atoms with Crippen molar-refractivity contribution in [1.82, 2.24) is 4.90 Å². The van der Waals surface area contributed by atoms with E-state index in [2.05, 4.69) is 11.8 Å². The van der Waals surface area contributed by atoms with Crippen molar-refractivity contribution in [3.05, 3.63) is 0 Å². The normalized spacial score (nSPS) is 31.9. The second-order valence-corrected chi connectivity index (χ2v) is 5.66. The Hall–Kier alpha value is -0.120. The molecule has 1 saturated carbocycles. The first-order valence-corrected chi connectivity index (χ1v) is 7.37. The Bertz CT molecular complexity index is 220. The first-order chi connectivity index (χ1) is 8.32. The molecule has 0 spiro atoms. The van der Waals surface area contributed by atoms with E-state index >= 15 is 0 Å². The van der Waals surface area contributed by atoms with Gasteiger partial charge in [0, 0.05) is 19.2 Å².